The van der Waals surface area contributed by atoms with Crippen LogP contribution in [0.4, 0.5) is 0 Å². The first-order valence-electron chi connectivity index (χ1n) is 3.69. The standard InChI is InChI=1S/C9H10NP/c1-6-3-4-9-8(5-6)10-7(2)11-9/h3-5,11H,1-2H3. The Hall–Kier alpha value is -0.810. The third kappa shape index (κ3) is 1.17. The van der Waals surface area contributed by atoms with Gasteiger partial charge in [0.15, 0.2) is 0 Å². The highest BCUT2D eigenvalue weighted by atomic mass is 31.0. The fraction of sp³-hybridized carbons (Fsp3) is 0.222. The first-order chi connectivity index (χ1) is 5.25. The van der Waals surface area contributed by atoms with Gasteiger partial charge in [-0.1, -0.05) is 6.07 Å². The topological polar surface area (TPSA) is 12.9 Å². The average molecular weight is 163 g/mol. The number of rotatable bonds is 0. The van der Waals surface area contributed by atoms with Gasteiger partial charge in [0.1, 0.15) is 0 Å². The second-order valence-corrected chi connectivity index (χ2v) is 4.36. The summed E-state index contributed by atoms with van der Waals surface area (Å²) in [5, 5.41) is 1.40. The summed E-state index contributed by atoms with van der Waals surface area (Å²) in [4.78, 5) is 4.44. The molecule has 0 saturated heterocycles. The van der Waals surface area contributed by atoms with Gasteiger partial charge in [-0.25, -0.2) is 4.98 Å². The Balaban J connectivity index is 2.82. The van der Waals surface area contributed by atoms with Crippen LogP contribution in [0.15, 0.2) is 18.2 Å². The summed E-state index contributed by atoms with van der Waals surface area (Å²) >= 11 is 0. The van der Waals surface area contributed by atoms with Gasteiger partial charge in [-0.15, -0.1) is 8.19 Å². The zero-order valence-electron chi connectivity index (χ0n) is 6.68. The maximum atomic E-state index is 4.44. The van der Waals surface area contributed by atoms with Crippen LogP contribution in [0.25, 0.3) is 10.6 Å². The molecule has 2 rings (SSSR count). The van der Waals surface area contributed by atoms with E-state index in [1.807, 2.05) is 0 Å². The second kappa shape index (κ2) is 2.35. The van der Waals surface area contributed by atoms with Gasteiger partial charge in [-0.2, -0.15) is 0 Å². The second-order valence-electron chi connectivity index (χ2n) is 2.84. The zero-order chi connectivity index (χ0) is 7.84. The molecule has 56 valence electrons. The molecule has 0 fully saturated rings. The number of hydrogen-bond donors (Lipinski definition) is 0. The minimum Gasteiger partial charge on any atom is -0.249 e. The lowest BCUT2D eigenvalue weighted by Crippen LogP contribution is -1.71. The number of benzene rings is 1. The highest BCUT2D eigenvalue weighted by Gasteiger charge is 1.96. The van der Waals surface area contributed by atoms with Crippen LogP contribution in [0, 0.1) is 13.8 Å². The quantitative estimate of drug-likeness (QED) is 0.581. The molecule has 0 amide bonds. The summed E-state index contributed by atoms with van der Waals surface area (Å²) in [6.45, 7) is 4.19. The van der Waals surface area contributed by atoms with Crippen LogP contribution >= 0.6 is 8.19 Å². The maximum Gasteiger partial charge on any atom is 0.0749 e. The molecule has 0 spiro atoms. The molecule has 0 aliphatic rings. The van der Waals surface area contributed by atoms with Crippen molar-refractivity contribution >= 4 is 18.8 Å². The molecule has 2 heteroatoms. The van der Waals surface area contributed by atoms with Gasteiger partial charge < -0.3 is 0 Å². The van der Waals surface area contributed by atoms with E-state index in [-0.39, 0.29) is 0 Å². The third-order valence-corrected chi connectivity index (χ3v) is 2.92. The molecule has 2 aromatic rings. The van der Waals surface area contributed by atoms with Gasteiger partial charge in [0, 0.05) is 5.12 Å². The third-order valence-electron chi connectivity index (χ3n) is 1.76. The molecule has 1 aromatic carbocycles. The van der Waals surface area contributed by atoms with Crippen molar-refractivity contribution in [3.63, 3.8) is 0 Å². The smallest absolute Gasteiger partial charge is 0.0749 e. The fourth-order valence-corrected chi connectivity index (χ4v) is 2.23. The Morgan fingerprint density at radius 3 is 2.91 bits per heavy atom. The fourth-order valence-electron chi connectivity index (χ4n) is 1.24. The molecule has 0 saturated carbocycles. The molecule has 1 atom stereocenters. The lowest BCUT2D eigenvalue weighted by Gasteiger charge is -1.89. The van der Waals surface area contributed by atoms with Crippen molar-refractivity contribution in [3.05, 3.63) is 29.2 Å². The molecule has 0 aliphatic carbocycles. The Morgan fingerprint density at radius 2 is 2.09 bits per heavy atom. The molecule has 1 heterocycles. The number of nitrogens with zero attached hydrogens (tertiary/aromatic N) is 1. The molecular formula is C9H10NP. The number of aryl methyl sites for hydroxylation is 2. The van der Waals surface area contributed by atoms with Crippen molar-refractivity contribution < 1.29 is 0 Å². The van der Waals surface area contributed by atoms with Crippen molar-refractivity contribution in [3.8, 4) is 0 Å². The van der Waals surface area contributed by atoms with E-state index in [0.717, 1.165) is 8.19 Å². The first-order valence-corrected chi connectivity index (χ1v) is 4.69. The first kappa shape index (κ1) is 6.87. The summed E-state index contributed by atoms with van der Waals surface area (Å²) in [5.41, 5.74) is 3.73. The van der Waals surface area contributed by atoms with Crippen LogP contribution in [0.5, 0.6) is 0 Å². The van der Waals surface area contributed by atoms with E-state index < -0.39 is 0 Å². The molecule has 0 bridgehead atoms. The van der Waals surface area contributed by atoms with E-state index in [1.54, 1.807) is 0 Å². The predicted octanol–water partition coefficient (Wildman–Crippen LogP) is 2.88. The van der Waals surface area contributed by atoms with Crippen LogP contribution in [-0.4, -0.2) is 4.98 Å². The number of fused-ring (bicyclic) bond motifs is 1. The molecule has 0 aliphatic heterocycles. The predicted molar refractivity (Wildman–Crippen MR) is 50.7 cm³/mol. The Labute approximate surface area is 67.5 Å². The zero-order valence-corrected chi connectivity index (χ0v) is 7.68. The molecular weight excluding hydrogens is 153 g/mol. The number of aromatic nitrogens is 1. The van der Waals surface area contributed by atoms with Gasteiger partial charge in [-0.3, -0.25) is 0 Å². The van der Waals surface area contributed by atoms with E-state index in [1.165, 1.54) is 21.6 Å². The molecule has 0 radical (unpaired) electrons. The van der Waals surface area contributed by atoms with Gasteiger partial charge in [0.25, 0.3) is 0 Å². The van der Waals surface area contributed by atoms with Crippen LogP contribution in [0.1, 0.15) is 11.0 Å². The summed E-state index contributed by atoms with van der Waals surface area (Å²) in [7, 11) is 0.800. The molecule has 0 N–H and O–H groups in total. The maximum absolute atomic E-state index is 4.44. The van der Waals surface area contributed by atoms with Crippen LogP contribution < -0.4 is 0 Å². The van der Waals surface area contributed by atoms with Crippen molar-refractivity contribution in [1.82, 2.24) is 4.98 Å². The Kier molecular flexibility index (Phi) is 1.47. The van der Waals surface area contributed by atoms with Gasteiger partial charge in [-0.05, 0) is 31.5 Å². The minimum absolute atomic E-state index is 0.800. The lowest BCUT2D eigenvalue weighted by atomic mass is 10.2. The van der Waals surface area contributed by atoms with E-state index in [0.29, 0.717) is 0 Å². The molecule has 1 nitrogen and oxygen atoms in total. The SMILES string of the molecule is Cc1ccc2[pH]c(C)nc2c1. The van der Waals surface area contributed by atoms with Crippen LogP contribution in [-0.2, 0) is 0 Å². The van der Waals surface area contributed by atoms with Crippen molar-refractivity contribution in [1.29, 1.82) is 0 Å². The van der Waals surface area contributed by atoms with Crippen molar-refractivity contribution in [2.75, 3.05) is 0 Å². The summed E-state index contributed by atoms with van der Waals surface area (Å²) < 4.78 is 0. The van der Waals surface area contributed by atoms with Crippen LogP contribution in [0.3, 0.4) is 0 Å². The van der Waals surface area contributed by atoms with Gasteiger partial charge in [0.05, 0.1) is 10.9 Å². The highest BCUT2D eigenvalue weighted by molar-refractivity contribution is 7.37. The average Bonchev–Trinajstić information content (AvgIpc) is 2.27. The Morgan fingerprint density at radius 1 is 1.27 bits per heavy atom. The van der Waals surface area contributed by atoms with Crippen LogP contribution in [0.2, 0.25) is 0 Å². The van der Waals surface area contributed by atoms with E-state index >= 15 is 0 Å². The van der Waals surface area contributed by atoms with Gasteiger partial charge >= 0.3 is 0 Å². The van der Waals surface area contributed by atoms with Gasteiger partial charge in [0.2, 0.25) is 0 Å². The lowest BCUT2D eigenvalue weighted by molar-refractivity contribution is 1.34. The monoisotopic (exact) mass is 163 g/mol. The van der Waals surface area contributed by atoms with E-state index in [9.17, 15) is 0 Å². The Bertz CT molecular complexity index is 389. The molecule has 1 unspecified atom stereocenters. The van der Waals surface area contributed by atoms with E-state index in [2.05, 4.69) is 37.0 Å². The highest BCUT2D eigenvalue weighted by Crippen LogP contribution is 2.26. The van der Waals surface area contributed by atoms with Crippen molar-refractivity contribution in [2.24, 2.45) is 0 Å². The molecule has 11 heavy (non-hydrogen) atoms. The largest absolute Gasteiger partial charge is 0.249 e. The summed E-state index contributed by atoms with van der Waals surface area (Å²) in [5.74, 6) is 0. The normalized spacial score (nSPS) is 11.5. The number of hydrogen-bond acceptors (Lipinski definition) is 1. The summed E-state index contributed by atoms with van der Waals surface area (Å²) in [6.07, 6.45) is 0. The van der Waals surface area contributed by atoms with Crippen molar-refractivity contribution in [2.45, 2.75) is 13.8 Å². The summed E-state index contributed by atoms with van der Waals surface area (Å²) in [6, 6.07) is 6.49. The van der Waals surface area contributed by atoms with E-state index in [4.69, 9.17) is 0 Å². The molecule has 1 aromatic heterocycles. The minimum atomic E-state index is 0.800.